The fraction of sp³-hybridized carbons (Fsp3) is 0.250. The molecule has 0 bridgehead atoms. The predicted molar refractivity (Wildman–Crippen MR) is 102 cm³/mol. The summed E-state index contributed by atoms with van der Waals surface area (Å²) in [6.07, 6.45) is 1.64. The first kappa shape index (κ1) is 18.9. The molecule has 0 unspecified atom stereocenters. The highest BCUT2D eigenvalue weighted by Gasteiger charge is 2.18. The van der Waals surface area contributed by atoms with Crippen molar-refractivity contribution in [1.82, 2.24) is 0 Å². The van der Waals surface area contributed by atoms with Crippen molar-refractivity contribution in [3.63, 3.8) is 0 Å². The van der Waals surface area contributed by atoms with Crippen LogP contribution in [0, 0.1) is 6.92 Å². The van der Waals surface area contributed by atoms with Crippen LogP contribution in [-0.2, 0) is 4.79 Å². The predicted octanol–water partition coefficient (Wildman–Crippen LogP) is 5.01. The molecule has 1 amide bonds. The second kappa shape index (κ2) is 9.14. The molecule has 0 heterocycles. The largest absolute Gasteiger partial charge is 0.490 e. The smallest absolute Gasteiger partial charge is 0.265 e. The van der Waals surface area contributed by atoms with E-state index in [4.69, 9.17) is 21.1 Å². The Hall–Kier alpha value is -2.46. The van der Waals surface area contributed by atoms with Crippen molar-refractivity contribution >= 4 is 23.2 Å². The minimum absolute atomic E-state index is 0.199. The van der Waals surface area contributed by atoms with E-state index in [1.54, 1.807) is 42.5 Å². The fourth-order valence-corrected chi connectivity index (χ4v) is 2.31. The van der Waals surface area contributed by atoms with E-state index >= 15 is 0 Å². The summed E-state index contributed by atoms with van der Waals surface area (Å²) >= 11 is 6.01. The molecule has 0 aliphatic carbocycles. The molecule has 2 aromatic rings. The molecular formula is C20H22ClNO3. The van der Waals surface area contributed by atoms with E-state index in [1.165, 1.54) is 0 Å². The van der Waals surface area contributed by atoms with Gasteiger partial charge in [0.25, 0.3) is 5.91 Å². The normalized spacial score (nSPS) is 11.5. The van der Waals surface area contributed by atoms with Crippen LogP contribution in [0.25, 0.3) is 0 Å². The van der Waals surface area contributed by atoms with E-state index in [2.05, 4.69) is 11.9 Å². The van der Waals surface area contributed by atoms with Crippen LogP contribution in [0.15, 0.2) is 55.1 Å². The number of hydrogen-bond donors (Lipinski definition) is 1. The van der Waals surface area contributed by atoms with Gasteiger partial charge in [-0.3, -0.25) is 4.79 Å². The number of benzene rings is 2. The van der Waals surface area contributed by atoms with Gasteiger partial charge >= 0.3 is 0 Å². The number of ether oxygens (including phenoxy) is 2. The molecule has 0 aromatic heterocycles. The van der Waals surface area contributed by atoms with Gasteiger partial charge in [0.15, 0.2) is 6.10 Å². The first-order valence-electron chi connectivity index (χ1n) is 8.11. The first-order valence-corrected chi connectivity index (χ1v) is 8.48. The lowest BCUT2D eigenvalue weighted by Gasteiger charge is -2.18. The average Bonchev–Trinajstić information content (AvgIpc) is 2.62. The number of hydrogen-bond acceptors (Lipinski definition) is 3. The molecule has 1 N–H and O–H groups in total. The molecule has 0 saturated heterocycles. The van der Waals surface area contributed by atoms with Crippen LogP contribution in [0.1, 0.15) is 18.9 Å². The zero-order valence-electron chi connectivity index (χ0n) is 14.4. The van der Waals surface area contributed by atoms with E-state index in [0.29, 0.717) is 29.5 Å². The number of carbonyl (C=O) groups is 1. The quantitative estimate of drug-likeness (QED) is 0.674. The topological polar surface area (TPSA) is 47.6 Å². The van der Waals surface area contributed by atoms with Crippen LogP contribution >= 0.6 is 11.6 Å². The first-order chi connectivity index (χ1) is 12.0. The molecule has 132 valence electrons. The van der Waals surface area contributed by atoms with Gasteiger partial charge in [-0.1, -0.05) is 31.2 Å². The number of nitrogens with one attached hydrogen (secondary N) is 1. The maximum atomic E-state index is 12.5. The van der Waals surface area contributed by atoms with Crippen molar-refractivity contribution in [2.75, 3.05) is 11.9 Å². The maximum absolute atomic E-state index is 12.5. The summed E-state index contributed by atoms with van der Waals surface area (Å²) in [6.45, 7) is 7.84. The van der Waals surface area contributed by atoms with Crippen LogP contribution < -0.4 is 14.8 Å². The fourth-order valence-electron chi connectivity index (χ4n) is 2.19. The van der Waals surface area contributed by atoms with Gasteiger partial charge in [0.05, 0.1) is 0 Å². The Morgan fingerprint density at radius 2 is 1.92 bits per heavy atom. The van der Waals surface area contributed by atoms with E-state index in [9.17, 15) is 4.79 Å². The van der Waals surface area contributed by atoms with Crippen molar-refractivity contribution in [3.8, 4) is 11.5 Å². The molecule has 0 spiro atoms. The zero-order chi connectivity index (χ0) is 18.2. The van der Waals surface area contributed by atoms with Gasteiger partial charge in [-0.15, -0.1) is 0 Å². The lowest BCUT2D eigenvalue weighted by molar-refractivity contribution is -0.122. The van der Waals surface area contributed by atoms with Gasteiger partial charge in [-0.05, 0) is 61.4 Å². The van der Waals surface area contributed by atoms with Gasteiger partial charge in [0.2, 0.25) is 0 Å². The molecule has 0 aliphatic rings. The van der Waals surface area contributed by atoms with Crippen molar-refractivity contribution < 1.29 is 14.3 Å². The Labute approximate surface area is 153 Å². The number of aryl methyl sites for hydroxylation is 1. The van der Waals surface area contributed by atoms with Gasteiger partial charge in [-0.25, -0.2) is 0 Å². The summed E-state index contributed by atoms with van der Waals surface area (Å²) in [5.41, 5.74) is 1.59. The molecule has 0 aliphatic heterocycles. The van der Waals surface area contributed by atoms with Gasteiger partial charge in [0.1, 0.15) is 18.1 Å². The van der Waals surface area contributed by atoms with E-state index < -0.39 is 6.10 Å². The lowest BCUT2D eigenvalue weighted by atomic mass is 10.2. The van der Waals surface area contributed by atoms with Crippen LogP contribution in [0.3, 0.4) is 0 Å². The zero-order valence-corrected chi connectivity index (χ0v) is 15.2. The third-order valence-electron chi connectivity index (χ3n) is 3.56. The van der Waals surface area contributed by atoms with Gasteiger partial charge in [0, 0.05) is 10.7 Å². The van der Waals surface area contributed by atoms with Crippen LogP contribution in [0.5, 0.6) is 11.5 Å². The Morgan fingerprint density at radius 3 is 2.52 bits per heavy atom. The maximum Gasteiger partial charge on any atom is 0.265 e. The SMILES string of the molecule is C=CCOc1ccc(NC(=O)[C@H](CC)Oc2ccc(Cl)c(C)c2)cc1. The van der Waals surface area contributed by atoms with E-state index in [0.717, 1.165) is 11.3 Å². The number of amides is 1. The van der Waals surface area contributed by atoms with E-state index in [1.807, 2.05) is 19.9 Å². The summed E-state index contributed by atoms with van der Waals surface area (Å²) in [7, 11) is 0. The minimum atomic E-state index is -0.586. The molecule has 0 saturated carbocycles. The summed E-state index contributed by atoms with van der Waals surface area (Å²) < 4.78 is 11.2. The molecule has 5 heteroatoms. The number of rotatable bonds is 8. The Kier molecular flexibility index (Phi) is 6.90. The third kappa shape index (κ3) is 5.54. The standard InChI is InChI=1S/C20H22ClNO3/c1-4-12-24-16-8-6-15(7-9-16)22-20(23)19(5-2)25-17-10-11-18(21)14(3)13-17/h4,6-11,13,19H,1,5,12H2,2-3H3,(H,22,23)/t19-/m0/s1. The lowest BCUT2D eigenvalue weighted by Crippen LogP contribution is -2.32. The number of anilines is 1. The van der Waals surface area contributed by atoms with Crippen molar-refractivity contribution in [2.24, 2.45) is 0 Å². The van der Waals surface area contributed by atoms with Crippen molar-refractivity contribution in [2.45, 2.75) is 26.4 Å². The molecule has 2 rings (SSSR count). The van der Waals surface area contributed by atoms with Crippen LogP contribution in [0.4, 0.5) is 5.69 Å². The summed E-state index contributed by atoms with van der Waals surface area (Å²) in [5.74, 6) is 1.14. The monoisotopic (exact) mass is 359 g/mol. The summed E-state index contributed by atoms with van der Waals surface area (Å²) in [5, 5.41) is 3.53. The number of carbonyl (C=O) groups excluding carboxylic acids is 1. The molecular weight excluding hydrogens is 338 g/mol. The van der Waals surface area contributed by atoms with Crippen LogP contribution in [-0.4, -0.2) is 18.6 Å². The van der Waals surface area contributed by atoms with Crippen molar-refractivity contribution in [3.05, 3.63) is 65.7 Å². The Morgan fingerprint density at radius 1 is 1.24 bits per heavy atom. The highest BCUT2D eigenvalue weighted by Crippen LogP contribution is 2.23. The molecule has 0 fully saturated rings. The number of halogens is 1. The average molecular weight is 360 g/mol. The molecule has 25 heavy (non-hydrogen) atoms. The summed E-state index contributed by atoms with van der Waals surface area (Å²) in [6, 6.07) is 12.5. The molecule has 2 aromatic carbocycles. The second-order valence-electron chi connectivity index (χ2n) is 5.54. The molecule has 4 nitrogen and oxygen atoms in total. The Balaban J connectivity index is 1.99. The second-order valence-corrected chi connectivity index (χ2v) is 5.95. The minimum Gasteiger partial charge on any atom is -0.490 e. The Bertz CT molecular complexity index is 728. The third-order valence-corrected chi connectivity index (χ3v) is 3.98. The van der Waals surface area contributed by atoms with Gasteiger partial charge < -0.3 is 14.8 Å². The van der Waals surface area contributed by atoms with Crippen molar-refractivity contribution in [1.29, 1.82) is 0 Å². The molecule has 0 radical (unpaired) electrons. The molecule has 1 atom stereocenters. The van der Waals surface area contributed by atoms with E-state index in [-0.39, 0.29) is 5.91 Å². The van der Waals surface area contributed by atoms with Crippen LogP contribution in [0.2, 0.25) is 5.02 Å². The highest BCUT2D eigenvalue weighted by molar-refractivity contribution is 6.31. The highest BCUT2D eigenvalue weighted by atomic mass is 35.5. The van der Waals surface area contributed by atoms with Gasteiger partial charge in [-0.2, -0.15) is 0 Å². The summed E-state index contributed by atoms with van der Waals surface area (Å²) in [4.78, 5) is 12.5.